The van der Waals surface area contributed by atoms with Crippen LogP contribution in [0.25, 0.3) is 0 Å². The van der Waals surface area contributed by atoms with Crippen LogP contribution in [0.3, 0.4) is 0 Å². The SMILES string of the molecule is CC(N)c1ccc(OCc2ccc([N+](=O)[O-])cc2Br)cc1. The van der Waals surface area contributed by atoms with Crippen LogP contribution in [-0.4, -0.2) is 4.92 Å². The summed E-state index contributed by atoms with van der Waals surface area (Å²) in [5.74, 6) is 0.727. The van der Waals surface area contributed by atoms with E-state index in [4.69, 9.17) is 10.5 Å². The Balaban J connectivity index is 2.04. The highest BCUT2D eigenvalue weighted by Crippen LogP contribution is 2.24. The molecule has 110 valence electrons. The molecule has 2 N–H and O–H groups in total. The molecule has 0 aliphatic rings. The van der Waals surface area contributed by atoms with Gasteiger partial charge in [0.05, 0.1) is 4.92 Å². The molecule has 2 aromatic rings. The lowest BCUT2D eigenvalue weighted by molar-refractivity contribution is -0.384. The number of nitro benzene ring substituents is 1. The number of non-ortho nitro benzene ring substituents is 1. The van der Waals surface area contributed by atoms with E-state index in [0.717, 1.165) is 16.9 Å². The summed E-state index contributed by atoms with van der Waals surface area (Å²) in [4.78, 5) is 10.2. The van der Waals surface area contributed by atoms with Crippen molar-refractivity contribution >= 4 is 21.6 Å². The Hall–Kier alpha value is -1.92. The van der Waals surface area contributed by atoms with Crippen molar-refractivity contribution in [2.75, 3.05) is 0 Å². The lowest BCUT2D eigenvalue weighted by atomic mass is 10.1. The highest BCUT2D eigenvalue weighted by Gasteiger charge is 2.09. The second-order valence-corrected chi connectivity index (χ2v) is 5.53. The Bertz CT molecular complexity index is 642. The molecule has 0 saturated heterocycles. The van der Waals surface area contributed by atoms with Gasteiger partial charge in [-0.05, 0) is 30.7 Å². The van der Waals surface area contributed by atoms with E-state index in [-0.39, 0.29) is 11.7 Å². The molecule has 0 aliphatic heterocycles. The maximum atomic E-state index is 10.7. The van der Waals surface area contributed by atoms with Gasteiger partial charge in [0.2, 0.25) is 0 Å². The van der Waals surface area contributed by atoms with Crippen LogP contribution in [0.1, 0.15) is 24.1 Å². The first-order chi connectivity index (χ1) is 9.97. The molecule has 0 spiro atoms. The number of nitro groups is 1. The Morgan fingerprint density at radius 3 is 2.48 bits per heavy atom. The number of benzene rings is 2. The van der Waals surface area contributed by atoms with Crippen LogP contribution in [0.5, 0.6) is 5.75 Å². The summed E-state index contributed by atoms with van der Waals surface area (Å²) in [6.07, 6.45) is 0. The number of hydrogen-bond acceptors (Lipinski definition) is 4. The molecular formula is C15H15BrN2O3. The first-order valence-corrected chi connectivity index (χ1v) is 7.18. The number of ether oxygens (including phenoxy) is 1. The smallest absolute Gasteiger partial charge is 0.270 e. The first kappa shape index (κ1) is 15.5. The summed E-state index contributed by atoms with van der Waals surface area (Å²) in [5, 5.41) is 10.7. The molecule has 0 radical (unpaired) electrons. The van der Waals surface area contributed by atoms with Gasteiger partial charge in [-0.2, -0.15) is 0 Å². The number of nitrogens with zero attached hydrogens (tertiary/aromatic N) is 1. The third-order valence-electron chi connectivity index (χ3n) is 3.05. The second-order valence-electron chi connectivity index (χ2n) is 4.68. The molecule has 2 aromatic carbocycles. The number of nitrogens with two attached hydrogens (primary N) is 1. The van der Waals surface area contributed by atoms with Gasteiger partial charge < -0.3 is 10.5 Å². The van der Waals surface area contributed by atoms with E-state index in [9.17, 15) is 10.1 Å². The molecule has 0 bridgehead atoms. The largest absolute Gasteiger partial charge is 0.489 e. The Kier molecular flexibility index (Phi) is 4.93. The molecule has 6 heteroatoms. The monoisotopic (exact) mass is 350 g/mol. The van der Waals surface area contributed by atoms with E-state index in [1.807, 2.05) is 31.2 Å². The van der Waals surface area contributed by atoms with Gasteiger partial charge in [0.1, 0.15) is 12.4 Å². The Labute approximate surface area is 131 Å². The quantitative estimate of drug-likeness (QED) is 0.653. The van der Waals surface area contributed by atoms with Crippen LogP contribution in [0.15, 0.2) is 46.9 Å². The predicted octanol–water partition coefficient (Wildman–Crippen LogP) is 3.96. The van der Waals surface area contributed by atoms with Crippen molar-refractivity contribution in [3.63, 3.8) is 0 Å². The standard InChI is InChI=1S/C15H15BrN2O3/c1-10(17)11-3-6-14(7-4-11)21-9-12-2-5-13(18(19)20)8-15(12)16/h2-8,10H,9,17H2,1H3. The fourth-order valence-electron chi connectivity index (χ4n) is 1.80. The maximum Gasteiger partial charge on any atom is 0.270 e. The second kappa shape index (κ2) is 6.69. The third kappa shape index (κ3) is 4.03. The Morgan fingerprint density at radius 2 is 1.95 bits per heavy atom. The number of hydrogen-bond donors (Lipinski definition) is 1. The molecule has 1 unspecified atom stereocenters. The van der Waals surface area contributed by atoms with Gasteiger partial charge in [0.15, 0.2) is 0 Å². The lowest BCUT2D eigenvalue weighted by Gasteiger charge is -2.10. The summed E-state index contributed by atoms with van der Waals surface area (Å²) in [5.41, 5.74) is 7.72. The Morgan fingerprint density at radius 1 is 1.29 bits per heavy atom. The number of rotatable bonds is 5. The summed E-state index contributed by atoms with van der Waals surface area (Å²) in [7, 11) is 0. The van der Waals surface area contributed by atoms with E-state index in [2.05, 4.69) is 15.9 Å². The average Bonchev–Trinajstić information content (AvgIpc) is 2.46. The van der Waals surface area contributed by atoms with Gasteiger partial charge in [-0.15, -0.1) is 0 Å². The van der Waals surface area contributed by atoms with Crippen molar-refractivity contribution in [1.82, 2.24) is 0 Å². The molecule has 21 heavy (non-hydrogen) atoms. The van der Waals surface area contributed by atoms with Crippen LogP contribution in [0, 0.1) is 10.1 Å². The van der Waals surface area contributed by atoms with E-state index in [1.165, 1.54) is 12.1 Å². The van der Waals surface area contributed by atoms with Crippen molar-refractivity contribution in [1.29, 1.82) is 0 Å². The van der Waals surface area contributed by atoms with Crippen molar-refractivity contribution in [2.24, 2.45) is 5.73 Å². The zero-order chi connectivity index (χ0) is 15.4. The van der Waals surface area contributed by atoms with Crippen molar-refractivity contribution in [3.05, 3.63) is 68.2 Å². The summed E-state index contributed by atoms with van der Waals surface area (Å²) < 4.78 is 6.32. The topological polar surface area (TPSA) is 78.4 Å². The minimum absolute atomic E-state index is 0.0112. The van der Waals surface area contributed by atoms with Crippen LogP contribution < -0.4 is 10.5 Å². The highest BCUT2D eigenvalue weighted by atomic mass is 79.9. The van der Waals surface area contributed by atoms with Gasteiger partial charge >= 0.3 is 0 Å². The zero-order valence-corrected chi connectivity index (χ0v) is 13.0. The van der Waals surface area contributed by atoms with Crippen LogP contribution in [0.4, 0.5) is 5.69 Å². The van der Waals surface area contributed by atoms with Crippen LogP contribution >= 0.6 is 15.9 Å². The van der Waals surface area contributed by atoms with Crippen molar-refractivity contribution in [2.45, 2.75) is 19.6 Å². The predicted molar refractivity (Wildman–Crippen MR) is 84.2 cm³/mol. The van der Waals surface area contributed by atoms with Crippen molar-refractivity contribution in [3.8, 4) is 5.75 Å². The molecule has 0 saturated carbocycles. The fourth-order valence-corrected chi connectivity index (χ4v) is 2.28. The minimum Gasteiger partial charge on any atom is -0.489 e. The van der Waals surface area contributed by atoms with Crippen LogP contribution in [0.2, 0.25) is 0 Å². The summed E-state index contributed by atoms with van der Waals surface area (Å²) in [6.45, 7) is 2.25. The molecule has 0 fully saturated rings. The molecule has 0 heterocycles. The lowest BCUT2D eigenvalue weighted by Crippen LogP contribution is -2.04. The minimum atomic E-state index is -0.428. The molecule has 5 nitrogen and oxygen atoms in total. The molecule has 0 aromatic heterocycles. The number of halogens is 1. The normalized spacial score (nSPS) is 12.0. The highest BCUT2D eigenvalue weighted by molar-refractivity contribution is 9.10. The average molecular weight is 351 g/mol. The molecule has 2 rings (SSSR count). The van der Waals surface area contributed by atoms with Gasteiger partial charge in [-0.25, -0.2) is 0 Å². The molecular weight excluding hydrogens is 336 g/mol. The molecule has 1 atom stereocenters. The van der Waals surface area contributed by atoms with E-state index < -0.39 is 4.92 Å². The third-order valence-corrected chi connectivity index (χ3v) is 3.79. The van der Waals surface area contributed by atoms with E-state index >= 15 is 0 Å². The fraction of sp³-hybridized carbons (Fsp3) is 0.200. The zero-order valence-electron chi connectivity index (χ0n) is 11.5. The molecule has 0 aliphatic carbocycles. The van der Waals surface area contributed by atoms with Gasteiger partial charge in [0.25, 0.3) is 5.69 Å². The van der Waals surface area contributed by atoms with Gasteiger partial charge in [-0.3, -0.25) is 10.1 Å². The van der Waals surface area contributed by atoms with E-state index in [1.54, 1.807) is 6.07 Å². The maximum absolute atomic E-state index is 10.7. The van der Waals surface area contributed by atoms with E-state index in [0.29, 0.717) is 11.1 Å². The van der Waals surface area contributed by atoms with Gasteiger partial charge in [0, 0.05) is 28.2 Å². The first-order valence-electron chi connectivity index (χ1n) is 6.38. The molecule has 0 amide bonds. The van der Waals surface area contributed by atoms with Crippen LogP contribution in [-0.2, 0) is 6.61 Å². The summed E-state index contributed by atoms with van der Waals surface area (Å²) in [6, 6.07) is 12.2. The van der Waals surface area contributed by atoms with Gasteiger partial charge in [-0.1, -0.05) is 28.1 Å². The summed E-state index contributed by atoms with van der Waals surface area (Å²) >= 11 is 3.32. The van der Waals surface area contributed by atoms with Crippen molar-refractivity contribution < 1.29 is 9.66 Å².